The summed E-state index contributed by atoms with van der Waals surface area (Å²) in [5.41, 5.74) is 1.92. The Balaban J connectivity index is 1.77. The van der Waals surface area contributed by atoms with Crippen LogP contribution >= 0.6 is 11.6 Å². The molecule has 0 spiro atoms. The summed E-state index contributed by atoms with van der Waals surface area (Å²) in [5, 5.41) is 3.10. The van der Waals surface area contributed by atoms with Gasteiger partial charge in [-0.1, -0.05) is 23.7 Å². The van der Waals surface area contributed by atoms with E-state index < -0.39 is 0 Å². The summed E-state index contributed by atoms with van der Waals surface area (Å²) in [6.45, 7) is 2.89. The van der Waals surface area contributed by atoms with Gasteiger partial charge in [-0.15, -0.1) is 0 Å². The highest BCUT2D eigenvalue weighted by Crippen LogP contribution is 2.37. The third-order valence-corrected chi connectivity index (χ3v) is 4.05. The Hall–Kier alpha value is -2.53. The van der Waals surface area contributed by atoms with Crippen LogP contribution in [-0.4, -0.2) is 19.1 Å². The van der Waals surface area contributed by atoms with Gasteiger partial charge in [-0.05, 0) is 30.2 Å². The van der Waals surface area contributed by atoms with Gasteiger partial charge < -0.3 is 14.8 Å². The van der Waals surface area contributed by atoms with Crippen molar-refractivity contribution >= 4 is 28.8 Å². The van der Waals surface area contributed by atoms with E-state index in [0.717, 1.165) is 12.0 Å². The number of ether oxygens (including phenoxy) is 2. The third-order valence-electron chi connectivity index (χ3n) is 3.74. The van der Waals surface area contributed by atoms with Crippen LogP contribution in [0.1, 0.15) is 18.9 Å². The number of allylic oxidation sites excluding steroid dienone is 1. The smallest absolute Gasteiger partial charge is 0.248 e. The van der Waals surface area contributed by atoms with Crippen molar-refractivity contribution in [2.45, 2.75) is 13.3 Å². The van der Waals surface area contributed by atoms with Crippen molar-refractivity contribution in [1.29, 1.82) is 0 Å². The van der Waals surface area contributed by atoms with Gasteiger partial charge in [0, 0.05) is 24.6 Å². The maximum absolute atomic E-state index is 13.0. The highest BCUT2D eigenvalue weighted by atomic mass is 35.5. The van der Waals surface area contributed by atoms with Crippen LogP contribution in [0.15, 0.2) is 42.5 Å². The lowest BCUT2D eigenvalue weighted by Gasteiger charge is -2.12. The topological polar surface area (TPSA) is 47.6 Å². The fourth-order valence-electron chi connectivity index (χ4n) is 2.44. The van der Waals surface area contributed by atoms with Gasteiger partial charge >= 0.3 is 0 Å². The fraction of sp³-hybridized carbons (Fsp3) is 0.211. The highest BCUT2D eigenvalue weighted by molar-refractivity contribution is 6.34. The quantitative estimate of drug-likeness (QED) is 0.807. The summed E-state index contributed by atoms with van der Waals surface area (Å²) in [4.78, 5) is 12.3. The fourth-order valence-corrected chi connectivity index (χ4v) is 2.64. The molecule has 1 heterocycles. The minimum atomic E-state index is -0.335. The van der Waals surface area contributed by atoms with Gasteiger partial charge in [0.05, 0.1) is 23.9 Å². The number of carbonyl (C=O) groups excluding carboxylic acids is 1. The van der Waals surface area contributed by atoms with E-state index >= 15 is 0 Å². The number of rotatable bonds is 3. The molecule has 1 aliphatic rings. The van der Waals surface area contributed by atoms with Crippen LogP contribution < -0.4 is 14.8 Å². The number of benzene rings is 2. The summed E-state index contributed by atoms with van der Waals surface area (Å²) in [6.07, 6.45) is 2.22. The number of halogens is 2. The lowest BCUT2D eigenvalue weighted by Crippen LogP contribution is -2.09. The van der Waals surface area contributed by atoms with Gasteiger partial charge in [0.15, 0.2) is 11.5 Å². The second kappa shape index (κ2) is 7.57. The predicted molar refractivity (Wildman–Crippen MR) is 95.7 cm³/mol. The first-order valence-corrected chi connectivity index (χ1v) is 8.25. The standard InChI is InChI=1S/C19H17ClFNO3/c1-12(13-3-5-14(21)6-4-13)9-19(23)22-16-11-18-17(10-15(16)20)24-7-2-8-25-18/h3-6,9-11H,2,7-8H2,1H3,(H,22,23)/b12-9-. The molecule has 1 aliphatic heterocycles. The van der Waals surface area contributed by atoms with Crippen molar-refractivity contribution in [2.75, 3.05) is 18.5 Å². The number of anilines is 1. The van der Waals surface area contributed by atoms with E-state index in [4.69, 9.17) is 21.1 Å². The zero-order valence-corrected chi connectivity index (χ0v) is 14.4. The second-order valence-electron chi connectivity index (χ2n) is 5.65. The number of carbonyl (C=O) groups is 1. The first-order valence-electron chi connectivity index (χ1n) is 7.87. The molecule has 0 bridgehead atoms. The Labute approximate surface area is 150 Å². The van der Waals surface area contributed by atoms with E-state index in [1.807, 2.05) is 0 Å². The molecular weight excluding hydrogens is 345 g/mol. The van der Waals surface area contributed by atoms with Crippen molar-refractivity contribution in [3.05, 3.63) is 58.9 Å². The molecule has 0 unspecified atom stereocenters. The summed E-state index contributed by atoms with van der Waals surface area (Å²) in [6, 6.07) is 9.23. The Morgan fingerprint density at radius 3 is 2.48 bits per heavy atom. The molecule has 2 aromatic rings. The van der Waals surface area contributed by atoms with Crippen LogP contribution in [0, 0.1) is 5.82 Å². The summed E-state index contributed by atoms with van der Waals surface area (Å²) in [7, 11) is 0. The molecule has 3 rings (SSSR count). The van der Waals surface area contributed by atoms with E-state index in [2.05, 4.69) is 5.32 Å². The van der Waals surface area contributed by atoms with Crippen molar-refractivity contribution in [3.63, 3.8) is 0 Å². The molecular formula is C19H17ClFNO3. The number of hydrogen-bond acceptors (Lipinski definition) is 3. The lowest BCUT2D eigenvalue weighted by atomic mass is 10.1. The van der Waals surface area contributed by atoms with Gasteiger partial charge in [-0.3, -0.25) is 4.79 Å². The number of fused-ring (bicyclic) bond motifs is 1. The van der Waals surface area contributed by atoms with Crippen LogP contribution in [0.3, 0.4) is 0 Å². The minimum Gasteiger partial charge on any atom is -0.490 e. The maximum Gasteiger partial charge on any atom is 0.248 e. The first-order chi connectivity index (χ1) is 12.0. The van der Waals surface area contributed by atoms with Gasteiger partial charge in [0.2, 0.25) is 5.91 Å². The number of hydrogen-bond donors (Lipinski definition) is 1. The summed E-state index contributed by atoms with van der Waals surface area (Å²) in [5.74, 6) is 0.466. The SMILES string of the molecule is C/C(=C/C(=O)Nc1cc2c(cc1Cl)OCCCO2)c1ccc(F)cc1. The van der Waals surface area contributed by atoms with Crippen LogP contribution in [-0.2, 0) is 4.79 Å². The van der Waals surface area contributed by atoms with E-state index in [-0.39, 0.29) is 11.7 Å². The van der Waals surface area contributed by atoms with Gasteiger partial charge in [-0.25, -0.2) is 4.39 Å². The zero-order valence-electron chi connectivity index (χ0n) is 13.6. The normalized spacial score (nSPS) is 14.0. The lowest BCUT2D eigenvalue weighted by molar-refractivity contribution is -0.111. The van der Waals surface area contributed by atoms with Crippen LogP contribution in [0.2, 0.25) is 5.02 Å². The van der Waals surface area contributed by atoms with Crippen LogP contribution in [0.25, 0.3) is 5.57 Å². The molecule has 1 amide bonds. The average Bonchev–Trinajstić information content (AvgIpc) is 2.80. The first kappa shape index (κ1) is 17.3. The van der Waals surface area contributed by atoms with Crippen molar-refractivity contribution in [2.24, 2.45) is 0 Å². The molecule has 0 aromatic heterocycles. The molecule has 0 aliphatic carbocycles. The van der Waals surface area contributed by atoms with Crippen molar-refractivity contribution < 1.29 is 18.7 Å². The van der Waals surface area contributed by atoms with E-state index in [1.165, 1.54) is 18.2 Å². The molecule has 2 aromatic carbocycles. The molecule has 0 fully saturated rings. The Morgan fingerprint density at radius 1 is 1.16 bits per heavy atom. The van der Waals surface area contributed by atoms with E-state index in [0.29, 0.717) is 41.0 Å². The Morgan fingerprint density at radius 2 is 1.80 bits per heavy atom. The van der Waals surface area contributed by atoms with Gasteiger partial charge in [0.1, 0.15) is 5.82 Å². The van der Waals surface area contributed by atoms with Crippen LogP contribution in [0.5, 0.6) is 11.5 Å². The molecule has 25 heavy (non-hydrogen) atoms. The Kier molecular flexibility index (Phi) is 5.24. The number of nitrogens with one attached hydrogen (secondary N) is 1. The highest BCUT2D eigenvalue weighted by Gasteiger charge is 2.15. The molecule has 6 heteroatoms. The maximum atomic E-state index is 13.0. The molecule has 130 valence electrons. The average molecular weight is 362 g/mol. The second-order valence-corrected chi connectivity index (χ2v) is 6.06. The monoisotopic (exact) mass is 361 g/mol. The minimum absolute atomic E-state index is 0.319. The Bertz CT molecular complexity index is 818. The van der Waals surface area contributed by atoms with E-state index in [1.54, 1.807) is 31.2 Å². The van der Waals surface area contributed by atoms with E-state index in [9.17, 15) is 9.18 Å². The third kappa shape index (κ3) is 4.31. The molecule has 0 saturated heterocycles. The largest absolute Gasteiger partial charge is 0.490 e. The predicted octanol–water partition coefficient (Wildman–Crippen LogP) is 4.68. The van der Waals surface area contributed by atoms with Crippen molar-refractivity contribution in [1.82, 2.24) is 0 Å². The molecule has 0 saturated carbocycles. The van der Waals surface area contributed by atoms with Gasteiger partial charge in [0.25, 0.3) is 0 Å². The summed E-state index contributed by atoms with van der Waals surface area (Å²) >= 11 is 6.22. The molecule has 0 radical (unpaired) electrons. The molecule has 0 atom stereocenters. The zero-order chi connectivity index (χ0) is 17.8. The van der Waals surface area contributed by atoms with Crippen molar-refractivity contribution in [3.8, 4) is 11.5 Å². The number of amides is 1. The summed E-state index contributed by atoms with van der Waals surface area (Å²) < 4.78 is 24.1. The molecule has 4 nitrogen and oxygen atoms in total. The van der Waals surface area contributed by atoms with Crippen LogP contribution in [0.4, 0.5) is 10.1 Å². The molecule has 1 N–H and O–H groups in total. The van der Waals surface area contributed by atoms with Gasteiger partial charge in [-0.2, -0.15) is 0 Å².